The van der Waals surface area contributed by atoms with Crippen molar-refractivity contribution >= 4 is 23.6 Å². The summed E-state index contributed by atoms with van der Waals surface area (Å²) in [5.41, 5.74) is 0.469. The Morgan fingerprint density at radius 3 is 2.54 bits per heavy atom. The highest BCUT2D eigenvalue weighted by atomic mass is 32.2. The minimum absolute atomic E-state index is 0.105. The maximum absolute atomic E-state index is 12.5. The number of likely N-dealkylation sites (tertiary alicyclic amines) is 1. The molecule has 1 saturated heterocycles. The summed E-state index contributed by atoms with van der Waals surface area (Å²) < 4.78 is 5.36. The van der Waals surface area contributed by atoms with Crippen LogP contribution >= 0.6 is 11.8 Å². The van der Waals surface area contributed by atoms with Gasteiger partial charge in [0.2, 0.25) is 0 Å². The summed E-state index contributed by atoms with van der Waals surface area (Å²) in [7, 11) is 0. The lowest BCUT2D eigenvalue weighted by atomic mass is 9.97. The van der Waals surface area contributed by atoms with Crippen LogP contribution in [0.3, 0.4) is 0 Å². The average molecular weight is 377 g/mol. The Morgan fingerprint density at radius 2 is 1.85 bits per heavy atom. The van der Waals surface area contributed by atoms with Gasteiger partial charge in [-0.2, -0.15) is 0 Å². The maximum Gasteiger partial charge on any atom is 0.341 e. The van der Waals surface area contributed by atoms with E-state index in [1.165, 1.54) is 25.7 Å². The number of carbonyl (C=O) groups is 2. The molecule has 3 rings (SSSR count). The Balaban J connectivity index is 1.60. The number of aromatic nitrogens is 1. The number of thioether (sulfide) groups is 1. The Morgan fingerprint density at radius 1 is 1.15 bits per heavy atom. The lowest BCUT2D eigenvalue weighted by Crippen LogP contribution is -2.49. The van der Waals surface area contributed by atoms with Crippen molar-refractivity contribution < 1.29 is 14.3 Å². The van der Waals surface area contributed by atoms with Gasteiger partial charge in [0.05, 0.1) is 5.56 Å². The van der Waals surface area contributed by atoms with Crippen LogP contribution in [-0.2, 0) is 9.53 Å². The molecule has 1 amide bonds. The standard InChI is InChI=1S/C20H28N2O3S/c1-14-7-5-8-15(2)22(14)18(23)13-25-20(24)17-11-6-12-21-19(17)26-16-9-3-4-10-16/h6,11-12,14-16H,3-5,7-10,13H2,1-2H3/t14-,15-/m1/s1. The van der Waals surface area contributed by atoms with E-state index in [-0.39, 0.29) is 24.6 Å². The van der Waals surface area contributed by atoms with E-state index < -0.39 is 5.97 Å². The number of pyridine rings is 1. The fourth-order valence-corrected chi connectivity index (χ4v) is 5.28. The number of hydrogen-bond acceptors (Lipinski definition) is 5. The Kier molecular flexibility index (Phi) is 6.57. The van der Waals surface area contributed by atoms with Crippen LogP contribution in [0.1, 0.15) is 69.2 Å². The molecule has 0 N–H and O–H groups in total. The molecule has 0 unspecified atom stereocenters. The van der Waals surface area contributed by atoms with Crippen LogP contribution < -0.4 is 0 Å². The normalized spacial score (nSPS) is 23.8. The van der Waals surface area contributed by atoms with Gasteiger partial charge >= 0.3 is 5.97 Å². The van der Waals surface area contributed by atoms with Gasteiger partial charge in [0.1, 0.15) is 5.03 Å². The van der Waals surface area contributed by atoms with E-state index in [0.717, 1.165) is 24.3 Å². The lowest BCUT2D eigenvalue weighted by Gasteiger charge is -2.38. The van der Waals surface area contributed by atoms with Gasteiger partial charge in [-0.25, -0.2) is 9.78 Å². The zero-order chi connectivity index (χ0) is 18.5. The maximum atomic E-state index is 12.5. The third kappa shape index (κ3) is 4.58. The summed E-state index contributed by atoms with van der Waals surface area (Å²) in [6.07, 6.45) is 9.68. The molecule has 5 nitrogen and oxygen atoms in total. The van der Waals surface area contributed by atoms with Crippen molar-refractivity contribution in [2.75, 3.05) is 6.61 Å². The average Bonchev–Trinajstić information content (AvgIpc) is 3.13. The van der Waals surface area contributed by atoms with Crippen molar-refractivity contribution in [2.24, 2.45) is 0 Å². The quantitative estimate of drug-likeness (QED) is 0.725. The van der Waals surface area contributed by atoms with Crippen molar-refractivity contribution in [3.8, 4) is 0 Å². The second-order valence-corrected chi connectivity index (χ2v) is 8.68. The third-order valence-electron chi connectivity index (χ3n) is 5.38. The molecule has 142 valence electrons. The smallest absolute Gasteiger partial charge is 0.341 e. The number of esters is 1. The molecular weight excluding hydrogens is 348 g/mol. The largest absolute Gasteiger partial charge is 0.452 e. The number of amides is 1. The van der Waals surface area contributed by atoms with Crippen molar-refractivity contribution in [2.45, 2.75) is 81.2 Å². The van der Waals surface area contributed by atoms with Crippen LogP contribution in [0.2, 0.25) is 0 Å². The zero-order valence-electron chi connectivity index (χ0n) is 15.6. The van der Waals surface area contributed by atoms with Crippen LogP contribution in [-0.4, -0.2) is 45.7 Å². The molecular formula is C20H28N2O3S. The third-order valence-corrected chi connectivity index (χ3v) is 6.73. The number of hydrogen-bond donors (Lipinski definition) is 0. The molecule has 0 spiro atoms. The Labute approximate surface area is 159 Å². The number of carbonyl (C=O) groups excluding carboxylic acids is 2. The highest BCUT2D eigenvalue weighted by molar-refractivity contribution is 7.99. The minimum atomic E-state index is -0.454. The molecule has 2 atom stereocenters. The predicted octanol–water partition coefficient (Wildman–Crippen LogP) is 4.06. The van der Waals surface area contributed by atoms with E-state index in [2.05, 4.69) is 18.8 Å². The summed E-state index contributed by atoms with van der Waals surface area (Å²) in [6, 6.07) is 3.89. The highest BCUT2D eigenvalue weighted by Crippen LogP contribution is 2.35. The van der Waals surface area contributed by atoms with E-state index in [1.807, 2.05) is 4.90 Å². The summed E-state index contributed by atoms with van der Waals surface area (Å²) in [5, 5.41) is 1.24. The summed E-state index contributed by atoms with van der Waals surface area (Å²) in [5.74, 6) is -0.559. The zero-order valence-corrected chi connectivity index (χ0v) is 16.5. The molecule has 2 aliphatic rings. The Hall–Kier alpha value is -1.56. The number of piperidine rings is 1. The highest BCUT2D eigenvalue weighted by Gasteiger charge is 2.30. The molecule has 1 aliphatic heterocycles. The van der Waals surface area contributed by atoms with Crippen LogP contribution in [0.25, 0.3) is 0 Å². The van der Waals surface area contributed by atoms with Crippen molar-refractivity contribution in [3.05, 3.63) is 23.9 Å². The molecule has 6 heteroatoms. The second kappa shape index (κ2) is 8.89. The first-order valence-electron chi connectivity index (χ1n) is 9.66. The van der Waals surface area contributed by atoms with E-state index >= 15 is 0 Å². The summed E-state index contributed by atoms with van der Waals surface area (Å²) in [4.78, 5) is 31.3. The monoisotopic (exact) mass is 376 g/mol. The van der Waals surface area contributed by atoms with Crippen molar-refractivity contribution in [1.82, 2.24) is 9.88 Å². The minimum Gasteiger partial charge on any atom is -0.452 e. The SMILES string of the molecule is C[C@@H]1CCC[C@@H](C)N1C(=O)COC(=O)c1cccnc1SC1CCCC1. The number of ether oxygens (including phenoxy) is 1. The molecule has 1 saturated carbocycles. The molecule has 0 bridgehead atoms. The van der Waals surface area contributed by atoms with E-state index in [1.54, 1.807) is 30.1 Å². The molecule has 0 aromatic carbocycles. The molecule has 1 aromatic rings. The van der Waals surface area contributed by atoms with E-state index in [0.29, 0.717) is 10.8 Å². The van der Waals surface area contributed by atoms with Crippen molar-refractivity contribution in [1.29, 1.82) is 0 Å². The molecule has 2 fully saturated rings. The first-order chi connectivity index (χ1) is 12.6. The lowest BCUT2D eigenvalue weighted by molar-refractivity contribution is -0.140. The molecule has 1 aromatic heterocycles. The Bertz CT molecular complexity index is 636. The van der Waals surface area contributed by atoms with Gasteiger partial charge in [0.15, 0.2) is 6.61 Å². The van der Waals surface area contributed by atoms with Gasteiger partial charge in [0, 0.05) is 23.5 Å². The fraction of sp³-hybridized carbons (Fsp3) is 0.650. The van der Waals surface area contributed by atoms with Gasteiger partial charge in [-0.3, -0.25) is 4.79 Å². The second-order valence-electron chi connectivity index (χ2n) is 7.39. The molecule has 2 heterocycles. The van der Waals surface area contributed by atoms with Gasteiger partial charge in [-0.1, -0.05) is 12.8 Å². The summed E-state index contributed by atoms with van der Waals surface area (Å²) in [6.45, 7) is 3.93. The van der Waals surface area contributed by atoms with Gasteiger partial charge < -0.3 is 9.64 Å². The van der Waals surface area contributed by atoms with E-state index in [4.69, 9.17) is 4.74 Å². The van der Waals surface area contributed by atoms with Crippen LogP contribution in [0.15, 0.2) is 23.4 Å². The molecule has 1 aliphatic carbocycles. The van der Waals surface area contributed by atoms with Gasteiger partial charge in [0.25, 0.3) is 5.91 Å². The first-order valence-corrected chi connectivity index (χ1v) is 10.5. The van der Waals surface area contributed by atoms with Crippen molar-refractivity contribution in [3.63, 3.8) is 0 Å². The van der Waals surface area contributed by atoms with Gasteiger partial charge in [-0.15, -0.1) is 11.8 Å². The number of nitrogens with zero attached hydrogens (tertiary/aromatic N) is 2. The van der Waals surface area contributed by atoms with Gasteiger partial charge in [-0.05, 0) is 58.1 Å². The first kappa shape index (κ1) is 19.2. The van der Waals surface area contributed by atoms with E-state index in [9.17, 15) is 9.59 Å². The summed E-state index contributed by atoms with van der Waals surface area (Å²) >= 11 is 1.66. The fourth-order valence-electron chi connectivity index (χ4n) is 4.00. The van der Waals surface area contributed by atoms with Crippen LogP contribution in [0.5, 0.6) is 0 Å². The molecule has 26 heavy (non-hydrogen) atoms. The predicted molar refractivity (Wildman–Crippen MR) is 102 cm³/mol. The topological polar surface area (TPSA) is 59.5 Å². The van der Waals surface area contributed by atoms with Crippen LogP contribution in [0.4, 0.5) is 0 Å². The number of rotatable bonds is 5. The molecule has 0 radical (unpaired) electrons. The van der Waals surface area contributed by atoms with Crippen LogP contribution in [0, 0.1) is 0 Å².